The van der Waals surface area contributed by atoms with Gasteiger partial charge in [-0.2, -0.15) is 0 Å². The number of phenolic OH excluding ortho intramolecular Hbond substituents is 1. The summed E-state index contributed by atoms with van der Waals surface area (Å²) in [5.41, 5.74) is -0.206. The van der Waals surface area contributed by atoms with Gasteiger partial charge in [-0.15, -0.1) is 0 Å². The van der Waals surface area contributed by atoms with Crippen LogP contribution in [-0.4, -0.2) is 16.2 Å². The third kappa shape index (κ3) is 1.84. The zero-order valence-corrected chi connectivity index (χ0v) is 9.77. The highest BCUT2D eigenvalue weighted by atomic mass is 16.4. The van der Waals surface area contributed by atoms with Gasteiger partial charge in [0, 0.05) is 5.39 Å². The molecule has 0 aliphatic rings. The number of fused-ring (bicyclic) bond motifs is 1. The molecule has 0 fully saturated rings. The fourth-order valence-electron chi connectivity index (χ4n) is 1.78. The van der Waals surface area contributed by atoms with Crippen LogP contribution >= 0.6 is 0 Å². The van der Waals surface area contributed by atoms with Crippen molar-refractivity contribution in [2.45, 2.75) is 19.3 Å². The van der Waals surface area contributed by atoms with E-state index in [4.69, 9.17) is 0 Å². The van der Waals surface area contributed by atoms with Gasteiger partial charge in [0.1, 0.15) is 5.75 Å². The van der Waals surface area contributed by atoms with Crippen LogP contribution in [0.1, 0.15) is 19.4 Å². The van der Waals surface area contributed by atoms with Crippen LogP contribution < -0.4 is 0 Å². The second-order valence-electron chi connectivity index (χ2n) is 4.64. The summed E-state index contributed by atoms with van der Waals surface area (Å²) < 4.78 is 0. The van der Waals surface area contributed by atoms with E-state index in [2.05, 4.69) is 0 Å². The largest absolute Gasteiger partial charge is 0.507 e. The number of carboxylic acids is 1. The number of benzene rings is 2. The van der Waals surface area contributed by atoms with E-state index in [0.717, 1.165) is 16.3 Å². The van der Waals surface area contributed by atoms with Crippen molar-refractivity contribution in [1.29, 1.82) is 0 Å². The van der Waals surface area contributed by atoms with Gasteiger partial charge in [-0.1, -0.05) is 24.3 Å². The monoisotopic (exact) mass is 230 g/mol. The Kier molecular flexibility index (Phi) is 2.54. The van der Waals surface area contributed by atoms with E-state index in [1.54, 1.807) is 38.1 Å². The van der Waals surface area contributed by atoms with Gasteiger partial charge in [0.2, 0.25) is 0 Å². The Morgan fingerprint density at radius 3 is 2.53 bits per heavy atom. The molecule has 0 unspecified atom stereocenters. The Labute approximate surface area is 99.3 Å². The van der Waals surface area contributed by atoms with E-state index >= 15 is 0 Å². The SMILES string of the molecule is CC(C)(C(=O)O)c1ccc2c(O)cccc2c1. The van der Waals surface area contributed by atoms with Gasteiger partial charge < -0.3 is 10.2 Å². The molecular weight excluding hydrogens is 216 g/mol. The number of carboxylic acid groups (broad SMARTS) is 1. The van der Waals surface area contributed by atoms with Crippen molar-refractivity contribution in [3.63, 3.8) is 0 Å². The number of carbonyl (C=O) groups is 1. The van der Waals surface area contributed by atoms with Crippen LogP contribution in [-0.2, 0) is 10.2 Å². The first-order valence-electron chi connectivity index (χ1n) is 5.38. The molecule has 0 amide bonds. The molecule has 0 atom stereocenters. The normalized spacial score (nSPS) is 11.6. The maximum Gasteiger partial charge on any atom is 0.313 e. The number of aliphatic carboxylic acids is 1. The lowest BCUT2D eigenvalue weighted by Crippen LogP contribution is -2.28. The van der Waals surface area contributed by atoms with Gasteiger partial charge in [-0.3, -0.25) is 4.79 Å². The van der Waals surface area contributed by atoms with Gasteiger partial charge >= 0.3 is 5.97 Å². The predicted octanol–water partition coefficient (Wildman–Crippen LogP) is 2.91. The maximum absolute atomic E-state index is 11.2. The molecule has 0 aliphatic heterocycles. The Morgan fingerprint density at radius 1 is 1.18 bits per heavy atom. The zero-order chi connectivity index (χ0) is 12.6. The first-order chi connectivity index (χ1) is 7.93. The molecule has 0 spiro atoms. The lowest BCUT2D eigenvalue weighted by molar-refractivity contribution is -0.142. The summed E-state index contributed by atoms with van der Waals surface area (Å²) in [6.45, 7) is 3.33. The van der Waals surface area contributed by atoms with E-state index in [1.807, 2.05) is 12.1 Å². The summed E-state index contributed by atoms with van der Waals surface area (Å²) in [4.78, 5) is 11.2. The van der Waals surface area contributed by atoms with E-state index in [1.165, 1.54) is 0 Å². The molecule has 3 heteroatoms. The fraction of sp³-hybridized carbons (Fsp3) is 0.214. The molecule has 17 heavy (non-hydrogen) atoms. The fourth-order valence-corrected chi connectivity index (χ4v) is 1.78. The highest BCUT2D eigenvalue weighted by Crippen LogP contribution is 2.30. The van der Waals surface area contributed by atoms with Gasteiger partial charge in [-0.05, 0) is 36.9 Å². The molecule has 2 N–H and O–H groups in total. The molecule has 0 bridgehead atoms. The van der Waals surface area contributed by atoms with E-state index in [9.17, 15) is 15.0 Å². The minimum Gasteiger partial charge on any atom is -0.507 e. The quantitative estimate of drug-likeness (QED) is 0.834. The van der Waals surface area contributed by atoms with Crippen molar-refractivity contribution in [2.24, 2.45) is 0 Å². The van der Waals surface area contributed by atoms with Crippen LogP contribution in [0, 0.1) is 0 Å². The number of aromatic hydroxyl groups is 1. The first-order valence-corrected chi connectivity index (χ1v) is 5.38. The van der Waals surface area contributed by atoms with Crippen molar-refractivity contribution in [1.82, 2.24) is 0 Å². The van der Waals surface area contributed by atoms with Crippen molar-refractivity contribution in [3.8, 4) is 5.75 Å². The number of hydrogen-bond acceptors (Lipinski definition) is 2. The molecule has 2 aromatic rings. The van der Waals surface area contributed by atoms with Crippen molar-refractivity contribution < 1.29 is 15.0 Å². The van der Waals surface area contributed by atoms with Crippen LogP contribution in [0.15, 0.2) is 36.4 Å². The van der Waals surface area contributed by atoms with Crippen molar-refractivity contribution in [3.05, 3.63) is 42.0 Å². The maximum atomic E-state index is 11.2. The third-order valence-electron chi connectivity index (χ3n) is 3.11. The zero-order valence-electron chi connectivity index (χ0n) is 9.77. The highest BCUT2D eigenvalue weighted by Gasteiger charge is 2.29. The van der Waals surface area contributed by atoms with E-state index in [-0.39, 0.29) is 5.75 Å². The summed E-state index contributed by atoms with van der Waals surface area (Å²) in [7, 11) is 0. The molecule has 0 heterocycles. The summed E-state index contributed by atoms with van der Waals surface area (Å²) in [6.07, 6.45) is 0. The summed E-state index contributed by atoms with van der Waals surface area (Å²) in [6, 6.07) is 10.5. The van der Waals surface area contributed by atoms with Gasteiger partial charge in [0.25, 0.3) is 0 Å². The van der Waals surface area contributed by atoms with Crippen LogP contribution in [0.25, 0.3) is 10.8 Å². The van der Waals surface area contributed by atoms with Crippen molar-refractivity contribution >= 4 is 16.7 Å². The third-order valence-corrected chi connectivity index (χ3v) is 3.11. The molecule has 2 aromatic carbocycles. The van der Waals surface area contributed by atoms with Crippen LogP contribution in [0.4, 0.5) is 0 Å². The standard InChI is InChI=1S/C14H14O3/c1-14(2,13(16)17)10-6-7-11-9(8-10)4-3-5-12(11)15/h3-8,15H,1-2H3,(H,16,17). The average molecular weight is 230 g/mol. The minimum atomic E-state index is -0.931. The molecule has 0 saturated carbocycles. The van der Waals surface area contributed by atoms with E-state index < -0.39 is 11.4 Å². The Morgan fingerprint density at radius 2 is 1.88 bits per heavy atom. The lowest BCUT2D eigenvalue weighted by Gasteiger charge is -2.20. The molecule has 0 aromatic heterocycles. The van der Waals surface area contributed by atoms with Gasteiger partial charge in [0.15, 0.2) is 0 Å². The summed E-state index contributed by atoms with van der Waals surface area (Å²) >= 11 is 0. The van der Waals surface area contributed by atoms with Crippen molar-refractivity contribution in [2.75, 3.05) is 0 Å². The van der Waals surface area contributed by atoms with Crippen LogP contribution in [0.5, 0.6) is 5.75 Å². The smallest absolute Gasteiger partial charge is 0.313 e. The van der Waals surface area contributed by atoms with Crippen LogP contribution in [0.2, 0.25) is 0 Å². The number of rotatable bonds is 2. The molecule has 3 nitrogen and oxygen atoms in total. The molecule has 2 rings (SSSR count). The van der Waals surface area contributed by atoms with E-state index in [0.29, 0.717) is 0 Å². The Hall–Kier alpha value is -2.03. The van der Waals surface area contributed by atoms with Crippen LogP contribution in [0.3, 0.4) is 0 Å². The Bertz CT molecular complexity index is 585. The Balaban J connectivity index is 2.64. The molecule has 0 saturated heterocycles. The second-order valence-corrected chi connectivity index (χ2v) is 4.64. The summed E-state index contributed by atoms with van der Waals surface area (Å²) in [5.74, 6) is -0.654. The van der Waals surface area contributed by atoms with Gasteiger partial charge in [-0.25, -0.2) is 0 Å². The first kappa shape index (κ1) is 11.5. The average Bonchev–Trinajstić information content (AvgIpc) is 2.28. The number of phenols is 1. The molecular formula is C14H14O3. The molecule has 88 valence electrons. The summed E-state index contributed by atoms with van der Waals surface area (Å²) in [5, 5.41) is 20.4. The highest BCUT2D eigenvalue weighted by molar-refractivity contribution is 5.90. The number of hydrogen-bond donors (Lipinski definition) is 2. The second kappa shape index (κ2) is 3.77. The molecule has 0 aliphatic carbocycles. The lowest BCUT2D eigenvalue weighted by atomic mass is 9.84. The molecule has 0 radical (unpaired) electrons. The van der Waals surface area contributed by atoms with Gasteiger partial charge in [0.05, 0.1) is 5.41 Å². The topological polar surface area (TPSA) is 57.5 Å². The predicted molar refractivity (Wildman–Crippen MR) is 66.3 cm³/mol. The minimum absolute atomic E-state index is 0.210.